The van der Waals surface area contributed by atoms with Crippen molar-refractivity contribution in [3.63, 3.8) is 0 Å². The van der Waals surface area contributed by atoms with E-state index in [1.54, 1.807) is 36.4 Å². The van der Waals surface area contributed by atoms with Crippen LogP contribution in [-0.2, 0) is 16.1 Å². The summed E-state index contributed by atoms with van der Waals surface area (Å²) >= 11 is 0. The molecule has 0 aliphatic carbocycles. The van der Waals surface area contributed by atoms with Crippen molar-refractivity contribution in [3.8, 4) is 5.75 Å². The van der Waals surface area contributed by atoms with Crippen molar-refractivity contribution in [2.45, 2.75) is 13.5 Å². The molecule has 26 heavy (non-hydrogen) atoms. The normalized spacial score (nSPS) is 10.5. The van der Waals surface area contributed by atoms with Crippen molar-refractivity contribution in [1.82, 2.24) is 4.90 Å². The number of rotatable bonds is 4. The summed E-state index contributed by atoms with van der Waals surface area (Å²) in [6, 6.07) is 19.8. The number of amides is 2. The van der Waals surface area contributed by atoms with E-state index in [9.17, 15) is 14.7 Å². The molecule has 2 amide bonds. The number of hydrogen-bond acceptors (Lipinski definition) is 3. The number of benzene rings is 3. The minimum absolute atomic E-state index is 0.129. The van der Waals surface area contributed by atoms with Gasteiger partial charge in [0.25, 0.3) is 0 Å². The lowest BCUT2D eigenvalue weighted by Crippen LogP contribution is -2.39. The first-order valence-electron chi connectivity index (χ1n) is 8.45. The molecule has 3 aromatic carbocycles. The third-order valence-electron chi connectivity index (χ3n) is 4.23. The van der Waals surface area contributed by atoms with Gasteiger partial charge >= 0.3 is 11.8 Å². The SMILES string of the molecule is CCN(Cc1ccccc1)C(=O)C(=O)Nc1cccc2c(O)cccc12. The molecule has 0 spiro atoms. The third kappa shape index (κ3) is 3.67. The molecule has 2 N–H and O–H groups in total. The summed E-state index contributed by atoms with van der Waals surface area (Å²) in [7, 11) is 0. The molecule has 0 unspecified atom stereocenters. The van der Waals surface area contributed by atoms with E-state index in [1.165, 1.54) is 4.90 Å². The standard InChI is InChI=1S/C21H20N2O3/c1-2-23(14-15-8-4-3-5-9-15)21(26)20(25)22-18-12-6-11-17-16(18)10-7-13-19(17)24/h3-13,24H,2,14H2,1H3,(H,22,25). The number of carbonyl (C=O) groups excluding carboxylic acids is 2. The van der Waals surface area contributed by atoms with Crippen LogP contribution in [0.3, 0.4) is 0 Å². The Bertz CT molecular complexity index is 938. The highest BCUT2D eigenvalue weighted by Gasteiger charge is 2.21. The molecule has 0 aliphatic heterocycles. The Morgan fingerprint density at radius 1 is 0.923 bits per heavy atom. The molecular weight excluding hydrogens is 328 g/mol. The summed E-state index contributed by atoms with van der Waals surface area (Å²) in [6.45, 7) is 2.64. The number of nitrogens with zero attached hydrogens (tertiary/aromatic N) is 1. The largest absolute Gasteiger partial charge is 0.507 e. The number of hydrogen-bond donors (Lipinski definition) is 2. The van der Waals surface area contributed by atoms with Crippen LogP contribution in [0.5, 0.6) is 5.75 Å². The van der Waals surface area contributed by atoms with Gasteiger partial charge in [0.05, 0.1) is 0 Å². The van der Waals surface area contributed by atoms with E-state index < -0.39 is 11.8 Å². The van der Waals surface area contributed by atoms with Gasteiger partial charge in [0.1, 0.15) is 5.75 Å². The highest BCUT2D eigenvalue weighted by atomic mass is 16.3. The van der Waals surface area contributed by atoms with Gasteiger partial charge in [0.15, 0.2) is 0 Å². The molecule has 0 saturated heterocycles. The molecule has 5 nitrogen and oxygen atoms in total. The molecule has 5 heteroatoms. The zero-order valence-corrected chi connectivity index (χ0v) is 14.5. The first kappa shape index (κ1) is 17.5. The van der Waals surface area contributed by atoms with Gasteiger partial charge in [-0.1, -0.05) is 54.6 Å². The fraction of sp³-hybridized carbons (Fsp3) is 0.143. The number of carbonyl (C=O) groups is 2. The van der Waals surface area contributed by atoms with E-state index in [0.717, 1.165) is 5.56 Å². The topological polar surface area (TPSA) is 69.6 Å². The summed E-state index contributed by atoms with van der Waals surface area (Å²) in [6.07, 6.45) is 0. The molecule has 0 saturated carbocycles. The van der Waals surface area contributed by atoms with E-state index in [4.69, 9.17) is 0 Å². The van der Waals surface area contributed by atoms with Crippen molar-refractivity contribution in [2.24, 2.45) is 0 Å². The third-order valence-corrected chi connectivity index (χ3v) is 4.23. The fourth-order valence-electron chi connectivity index (χ4n) is 2.85. The Balaban J connectivity index is 1.79. The van der Waals surface area contributed by atoms with Crippen LogP contribution in [0.15, 0.2) is 66.7 Å². The van der Waals surface area contributed by atoms with E-state index in [0.29, 0.717) is 29.5 Å². The predicted molar refractivity (Wildman–Crippen MR) is 102 cm³/mol. The van der Waals surface area contributed by atoms with Crippen LogP contribution in [0, 0.1) is 0 Å². The Morgan fingerprint density at radius 2 is 1.62 bits per heavy atom. The van der Waals surface area contributed by atoms with Crippen LogP contribution in [-0.4, -0.2) is 28.4 Å². The molecule has 0 radical (unpaired) electrons. The Morgan fingerprint density at radius 3 is 2.35 bits per heavy atom. The molecule has 0 atom stereocenters. The lowest BCUT2D eigenvalue weighted by molar-refractivity contribution is -0.143. The Kier molecular flexibility index (Phi) is 5.17. The maximum absolute atomic E-state index is 12.6. The number of likely N-dealkylation sites (N-methyl/N-ethyl adjacent to an activating group) is 1. The highest BCUT2D eigenvalue weighted by molar-refractivity contribution is 6.40. The number of anilines is 1. The summed E-state index contributed by atoms with van der Waals surface area (Å²) in [5.41, 5.74) is 1.46. The maximum atomic E-state index is 12.6. The molecule has 0 aromatic heterocycles. The van der Waals surface area contributed by atoms with Gasteiger partial charge in [-0.15, -0.1) is 0 Å². The molecular formula is C21H20N2O3. The number of phenols is 1. The molecule has 0 aliphatic rings. The van der Waals surface area contributed by atoms with Crippen LogP contribution < -0.4 is 5.32 Å². The second kappa shape index (κ2) is 7.70. The number of phenolic OH excluding ortho intramolecular Hbond substituents is 1. The first-order valence-corrected chi connectivity index (χ1v) is 8.45. The molecule has 132 valence electrons. The van der Waals surface area contributed by atoms with Gasteiger partial charge in [-0.3, -0.25) is 9.59 Å². The van der Waals surface area contributed by atoms with E-state index >= 15 is 0 Å². The van der Waals surface area contributed by atoms with Gasteiger partial charge in [-0.25, -0.2) is 0 Å². The second-order valence-corrected chi connectivity index (χ2v) is 5.94. The monoisotopic (exact) mass is 348 g/mol. The van der Waals surface area contributed by atoms with Crippen molar-refractivity contribution < 1.29 is 14.7 Å². The average molecular weight is 348 g/mol. The van der Waals surface area contributed by atoms with E-state index in [2.05, 4.69) is 5.32 Å². The van der Waals surface area contributed by atoms with Crippen molar-refractivity contribution >= 4 is 28.3 Å². The Hall–Kier alpha value is -3.34. The molecule has 3 rings (SSSR count). The highest BCUT2D eigenvalue weighted by Crippen LogP contribution is 2.29. The number of nitrogens with one attached hydrogen (secondary N) is 1. The number of aromatic hydroxyl groups is 1. The van der Waals surface area contributed by atoms with Gasteiger partial charge in [0.2, 0.25) is 0 Å². The van der Waals surface area contributed by atoms with Crippen LogP contribution >= 0.6 is 0 Å². The minimum Gasteiger partial charge on any atom is -0.507 e. The van der Waals surface area contributed by atoms with Gasteiger partial charge in [-0.05, 0) is 24.6 Å². The zero-order valence-electron chi connectivity index (χ0n) is 14.5. The molecule has 3 aromatic rings. The first-order chi connectivity index (χ1) is 12.6. The van der Waals surface area contributed by atoms with E-state index in [1.807, 2.05) is 37.3 Å². The molecule has 0 heterocycles. The van der Waals surface area contributed by atoms with Gasteiger partial charge < -0.3 is 15.3 Å². The van der Waals surface area contributed by atoms with Crippen LogP contribution in [0.2, 0.25) is 0 Å². The zero-order chi connectivity index (χ0) is 18.5. The van der Waals surface area contributed by atoms with Crippen LogP contribution in [0.1, 0.15) is 12.5 Å². The fourth-order valence-corrected chi connectivity index (χ4v) is 2.85. The van der Waals surface area contributed by atoms with Crippen LogP contribution in [0.25, 0.3) is 10.8 Å². The second-order valence-electron chi connectivity index (χ2n) is 5.94. The molecule has 0 bridgehead atoms. The summed E-state index contributed by atoms with van der Waals surface area (Å²) in [5, 5.41) is 13.9. The average Bonchev–Trinajstić information content (AvgIpc) is 2.67. The number of fused-ring (bicyclic) bond motifs is 1. The van der Waals surface area contributed by atoms with E-state index in [-0.39, 0.29) is 5.75 Å². The minimum atomic E-state index is -0.696. The summed E-state index contributed by atoms with van der Waals surface area (Å²) in [5.74, 6) is -1.16. The van der Waals surface area contributed by atoms with Crippen LogP contribution in [0.4, 0.5) is 5.69 Å². The Labute approximate surface area is 151 Å². The van der Waals surface area contributed by atoms with Crippen molar-refractivity contribution in [1.29, 1.82) is 0 Å². The quantitative estimate of drug-likeness (QED) is 0.709. The van der Waals surface area contributed by atoms with Crippen molar-refractivity contribution in [3.05, 3.63) is 72.3 Å². The van der Waals surface area contributed by atoms with Crippen molar-refractivity contribution in [2.75, 3.05) is 11.9 Å². The summed E-state index contributed by atoms with van der Waals surface area (Å²) in [4.78, 5) is 26.5. The lowest BCUT2D eigenvalue weighted by Gasteiger charge is -2.20. The lowest BCUT2D eigenvalue weighted by atomic mass is 10.1. The van der Waals surface area contributed by atoms with Gasteiger partial charge in [0, 0.05) is 29.5 Å². The smallest absolute Gasteiger partial charge is 0.313 e. The maximum Gasteiger partial charge on any atom is 0.313 e. The molecule has 0 fully saturated rings. The van der Waals surface area contributed by atoms with Gasteiger partial charge in [-0.2, -0.15) is 0 Å². The summed E-state index contributed by atoms with van der Waals surface area (Å²) < 4.78 is 0. The predicted octanol–water partition coefficient (Wildman–Crippen LogP) is 3.53.